The van der Waals surface area contributed by atoms with Crippen LogP contribution >= 0.6 is 0 Å². The smallest absolute Gasteiger partial charge is 0.278 e. The fourth-order valence-electron chi connectivity index (χ4n) is 4.00. The number of aryl methyl sites for hydroxylation is 2. The summed E-state index contributed by atoms with van der Waals surface area (Å²) in [5, 5.41) is 2.87. The summed E-state index contributed by atoms with van der Waals surface area (Å²) >= 11 is 0. The van der Waals surface area contributed by atoms with Gasteiger partial charge in [0.1, 0.15) is 29.4 Å². The summed E-state index contributed by atoms with van der Waals surface area (Å²) in [4.78, 5) is 30.7. The number of aromatic nitrogens is 3. The van der Waals surface area contributed by atoms with Crippen molar-refractivity contribution in [2.75, 3.05) is 19.5 Å². The number of anilines is 1. The summed E-state index contributed by atoms with van der Waals surface area (Å²) < 4.78 is 14.1. The van der Waals surface area contributed by atoms with E-state index in [1.165, 1.54) is 7.11 Å². The van der Waals surface area contributed by atoms with Crippen LogP contribution in [0.25, 0.3) is 11.0 Å². The van der Waals surface area contributed by atoms with Gasteiger partial charge in [-0.2, -0.15) is 0 Å². The number of hydrogen-bond acceptors (Lipinski definition) is 5. The molecule has 30 heavy (non-hydrogen) atoms. The molecule has 0 atom stereocenters. The van der Waals surface area contributed by atoms with Crippen LogP contribution in [0, 0.1) is 6.92 Å². The van der Waals surface area contributed by atoms with Gasteiger partial charge in [0.25, 0.3) is 5.56 Å². The number of rotatable bonds is 5. The number of hydrogen-bond donors (Lipinski definition) is 1. The van der Waals surface area contributed by atoms with E-state index in [0.717, 1.165) is 37.2 Å². The topological polar surface area (TPSA) is 87.4 Å². The molecule has 2 aromatic heterocycles. The lowest BCUT2D eigenvalue weighted by molar-refractivity contribution is -0.116. The quantitative estimate of drug-likeness (QED) is 0.699. The van der Waals surface area contributed by atoms with E-state index in [1.807, 2.05) is 13.0 Å². The van der Waals surface area contributed by atoms with Gasteiger partial charge in [-0.3, -0.25) is 14.2 Å². The number of fused-ring (bicyclic) bond motifs is 2. The molecule has 0 fully saturated rings. The Morgan fingerprint density at radius 3 is 2.77 bits per heavy atom. The minimum atomic E-state index is -0.251. The highest BCUT2D eigenvalue weighted by atomic mass is 16.5. The summed E-state index contributed by atoms with van der Waals surface area (Å²) in [6.07, 6.45) is 3.92. The second-order valence-electron chi connectivity index (χ2n) is 7.52. The van der Waals surface area contributed by atoms with Gasteiger partial charge in [-0.25, -0.2) is 4.98 Å². The maximum absolute atomic E-state index is 13.2. The summed E-state index contributed by atoms with van der Waals surface area (Å²) in [5.74, 6) is 1.73. The lowest BCUT2D eigenvalue weighted by Crippen LogP contribution is -2.28. The van der Waals surface area contributed by atoms with Crippen LogP contribution in [0.2, 0.25) is 0 Å². The van der Waals surface area contributed by atoms with Crippen molar-refractivity contribution >= 4 is 22.6 Å². The number of carbonyl (C=O) groups is 1. The maximum Gasteiger partial charge on any atom is 0.278 e. The first-order valence-electron chi connectivity index (χ1n) is 10.1. The van der Waals surface area contributed by atoms with Crippen LogP contribution in [-0.4, -0.2) is 34.2 Å². The third kappa shape index (κ3) is 3.65. The molecule has 4 rings (SSSR count). The van der Waals surface area contributed by atoms with Crippen LogP contribution < -0.4 is 20.3 Å². The van der Waals surface area contributed by atoms with Crippen molar-refractivity contribution < 1.29 is 14.3 Å². The Balaban J connectivity index is 1.66. The van der Waals surface area contributed by atoms with Gasteiger partial charge in [0, 0.05) is 24.7 Å². The number of carbonyl (C=O) groups excluding carboxylic acids is 1. The predicted octanol–water partition coefficient (Wildman–Crippen LogP) is 2.89. The van der Waals surface area contributed by atoms with Crippen LogP contribution in [0.4, 0.5) is 5.69 Å². The first-order chi connectivity index (χ1) is 14.5. The Labute approximate surface area is 174 Å². The molecule has 0 aliphatic carbocycles. The van der Waals surface area contributed by atoms with Gasteiger partial charge in [-0.1, -0.05) is 6.42 Å². The van der Waals surface area contributed by atoms with E-state index < -0.39 is 0 Å². The Morgan fingerprint density at radius 2 is 2.00 bits per heavy atom. The largest absolute Gasteiger partial charge is 0.497 e. The van der Waals surface area contributed by atoms with Crippen molar-refractivity contribution in [2.45, 2.75) is 45.7 Å². The molecule has 1 amide bonds. The van der Waals surface area contributed by atoms with E-state index in [1.54, 1.807) is 34.4 Å². The number of benzene rings is 1. The average molecular weight is 410 g/mol. The standard InChI is InChI=1S/C22H26N4O4/c1-14-11-17-21(22(28)25-10-6-4-5-7-19(25)23-17)26(14)13-20(27)24-16-9-8-15(29-2)12-18(16)30-3/h8-9,11-12H,4-7,10,13H2,1-3H3,(H,24,27). The molecule has 158 valence electrons. The zero-order chi connectivity index (χ0) is 21.3. The molecule has 3 heterocycles. The summed E-state index contributed by atoms with van der Waals surface area (Å²) in [6.45, 7) is 2.58. The van der Waals surface area contributed by atoms with Crippen LogP contribution in [0.1, 0.15) is 30.8 Å². The van der Waals surface area contributed by atoms with Crippen molar-refractivity contribution in [3.05, 3.63) is 46.1 Å². The van der Waals surface area contributed by atoms with Gasteiger partial charge in [0.15, 0.2) is 0 Å². The molecule has 0 saturated carbocycles. The minimum absolute atomic E-state index is 0.0147. The number of nitrogens with zero attached hydrogens (tertiary/aromatic N) is 3. The van der Waals surface area contributed by atoms with Crippen molar-refractivity contribution in [2.24, 2.45) is 0 Å². The molecule has 1 N–H and O–H groups in total. The SMILES string of the molecule is COc1ccc(NC(=O)Cn2c(C)cc3nc4n(c(=O)c32)CCCCC4)c(OC)c1. The van der Waals surface area contributed by atoms with E-state index in [2.05, 4.69) is 5.32 Å². The van der Waals surface area contributed by atoms with E-state index in [9.17, 15) is 9.59 Å². The highest BCUT2D eigenvalue weighted by Gasteiger charge is 2.19. The second-order valence-corrected chi connectivity index (χ2v) is 7.52. The number of ether oxygens (including phenoxy) is 2. The van der Waals surface area contributed by atoms with E-state index in [0.29, 0.717) is 34.8 Å². The normalized spacial score (nSPS) is 13.6. The molecular formula is C22H26N4O4. The van der Waals surface area contributed by atoms with Gasteiger partial charge in [-0.05, 0) is 38.0 Å². The monoisotopic (exact) mass is 410 g/mol. The van der Waals surface area contributed by atoms with Crippen molar-refractivity contribution in [3.8, 4) is 11.5 Å². The molecule has 0 bridgehead atoms. The van der Waals surface area contributed by atoms with Crippen molar-refractivity contribution in [1.29, 1.82) is 0 Å². The van der Waals surface area contributed by atoms with Gasteiger partial charge in [0.2, 0.25) is 5.91 Å². The molecule has 1 aliphatic heterocycles. The Kier molecular flexibility index (Phi) is 5.48. The Bertz CT molecular complexity index is 1160. The second kappa shape index (κ2) is 8.22. The molecule has 1 aromatic carbocycles. The third-order valence-electron chi connectivity index (χ3n) is 5.56. The minimum Gasteiger partial charge on any atom is -0.497 e. The summed E-state index contributed by atoms with van der Waals surface area (Å²) in [7, 11) is 3.10. The summed E-state index contributed by atoms with van der Waals surface area (Å²) in [6, 6.07) is 7.06. The first-order valence-corrected chi connectivity index (χ1v) is 10.1. The van der Waals surface area contributed by atoms with E-state index in [4.69, 9.17) is 14.5 Å². The molecule has 0 radical (unpaired) electrons. The zero-order valence-corrected chi connectivity index (χ0v) is 17.5. The molecule has 1 aliphatic rings. The maximum atomic E-state index is 13.2. The van der Waals surface area contributed by atoms with E-state index in [-0.39, 0.29) is 18.0 Å². The first kappa shape index (κ1) is 20.0. The van der Waals surface area contributed by atoms with Gasteiger partial charge in [0.05, 0.1) is 25.4 Å². The molecule has 3 aromatic rings. The van der Waals surface area contributed by atoms with Gasteiger partial charge >= 0.3 is 0 Å². The molecule has 0 saturated heterocycles. The predicted molar refractivity (Wildman–Crippen MR) is 114 cm³/mol. The fraction of sp³-hybridized carbons (Fsp3) is 0.409. The molecule has 0 unspecified atom stereocenters. The van der Waals surface area contributed by atoms with Crippen LogP contribution in [0.5, 0.6) is 11.5 Å². The lowest BCUT2D eigenvalue weighted by Gasteiger charge is -2.14. The van der Waals surface area contributed by atoms with Crippen molar-refractivity contribution in [3.63, 3.8) is 0 Å². The summed E-state index contributed by atoms with van der Waals surface area (Å²) in [5.41, 5.74) is 2.43. The Hall–Kier alpha value is -3.29. The highest BCUT2D eigenvalue weighted by molar-refractivity contribution is 5.93. The third-order valence-corrected chi connectivity index (χ3v) is 5.56. The van der Waals surface area contributed by atoms with Crippen LogP contribution in [0.3, 0.4) is 0 Å². The molecule has 0 spiro atoms. The molecule has 8 heteroatoms. The zero-order valence-electron chi connectivity index (χ0n) is 17.5. The number of amides is 1. The fourth-order valence-corrected chi connectivity index (χ4v) is 4.00. The number of nitrogens with one attached hydrogen (secondary N) is 1. The highest BCUT2D eigenvalue weighted by Crippen LogP contribution is 2.29. The lowest BCUT2D eigenvalue weighted by atomic mass is 10.2. The van der Waals surface area contributed by atoms with Crippen LogP contribution in [-0.2, 0) is 24.3 Å². The number of methoxy groups -OCH3 is 2. The molecular weight excluding hydrogens is 384 g/mol. The van der Waals surface area contributed by atoms with E-state index >= 15 is 0 Å². The average Bonchev–Trinajstić information content (AvgIpc) is 2.90. The van der Waals surface area contributed by atoms with Crippen molar-refractivity contribution in [1.82, 2.24) is 14.1 Å². The molecule has 8 nitrogen and oxygen atoms in total. The van der Waals surface area contributed by atoms with Gasteiger partial charge in [-0.15, -0.1) is 0 Å². The van der Waals surface area contributed by atoms with Crippen LogP contribution in [0.15, 0.2) is 29.1 Å². The Morgan fingerprint density at radius 1 is 1.17 bits per heavy atom. The van der Waals surface area contributed by atoms with Gasteiger partial charge < -0.3 is 19.4 Å².